The molecule has 0 amide bonds. The Hall–Kier alpha value is -1.80. The van der Waals surface area contributed by atoms with Crippen molar-refractivity contribution >= 4 is 0 Å². The van der Waals surface area contributed by atoms with E-state index in [0.717, 1.165) is 30.5 Å². The minimum atomic E-state index is 0.786. The molecule has 0 saturated heterocycles. The maximum Gasteiger partial charge on any atom is 0.127 e. The summed E-state index contributed by atoms with van der Waals surface area (Å²) in [5.41, 5.74) is 1.26. The predicted molar refractivity (Wildman–Crippen MR) is 88.7 cm³/mol. The van der Waals surface area contributed by atoms with Gasteiger partial charge in [0, 0.05) is 6.54 Å². The molecule has 0 atom stereocenters. The highest BCUT2D eigenvalue weighted by atomic mass is 16.5. The number of rotatable bonds is 8. The average Bonchev–Trinajstić information content (AvgIpc) is 2.48. The molecule has 0 heterocycles. The van der Waals surface area contributed by atoms with Crippen molar-refractivity contribution in [2.75, 3.05) is 6.54 Å². The summed E-state index contributed by atoms with van der Waals surface area (Å²) in [5.74, 6) is 2.55. The molecular formula is C19H25NO. The van der Waals surface area contributed by atoms with E-state index in [9.17, 15) is 0 Å². The summed E-state index contributed by atoms with van der Waals surface area (Å²) in [6, 6.07) is 18.2. The molecule has 0 fully saturated rings. The monoisotopic (exact) mass is 283 g/mol. The van der Waals surface area contributed by atoms with Crippen LogP contribution < -0.4 is 10.1 Å². The molecule has 0 spiro atoms. The zero-order valence-corrected chi connectivity index (χ0v) is 13.0. The third kappa shape index (κ3) is 6.01. The number of benzene rings is 2. The van der Waals surface area contributed by atoms with Crippen molar-refractivity contribution < 1.29 is 4.74 Å². The zero-order chi connectivity index (χ0) is 14.9. The van der Waals surface area contributed by atoms with Gasteiger partial charge in [-0.2, -0.15) is 0 Å². The van der Waals surface area contributed by atoms with Crippen LogP contribution in [-0.2, 0) is 6.54 Å². The van der Waals surface area contributed by atoms with Gasteiger partial charge in [0.25, 0.3) is 0 Å². The highest BCUT2D eigenvalue weighted by molar-refractivity contribution is 5.33. The number of para-hydroxylation sites is 1. The molecule has 2 rings (SSSR count). The molecule has 0 saturated carbocycles. The number of ether oxygens (including phenoxy) is 1. The van der Waals surface area contributed by atoms with Gasteiger partial charge < -0.3 is 10.1 Å². The van der Waals surface area contributed by atoms with Gasteiger partial charge in [-0.15, -0.1) is 0 Å². The van der Waals surface area contributed by atoms with Crippen LogP contribution in [-0.4, -0.2) is 6.54 Å². The lowest BCUT2D eigenvalue weighted by atomic mass is 10.1. The fourth-order valence-corrected chi connectivity index (χ4v) is 2.21. The summed E-state index contributed by atoms with van der Waals surface area (Å²) in [4.78, 5) is 0. The molecule has 2 aromatic rings. The van der Waals surface area contributed by atoms with Crippen LogP contribution in [0.1, 0.15) is 32.3 Å². The number of hydrogen-bond donors (Lipinski definition) is 1. The van der Waals surface area contributed by atoms with Crippen molar-refractivity contribution in [3.8, 4) is 11.5 Å². The third-order valence-corrected chi connectivity index (χ3v) is 3.34. The standard InChI is InChI=1S/C19H25NO/c1-16(2)8-7-13-20-15-17-9-6-12-19(14-17)21-18-10-4-3-5-11-18/h3-6,9-12,14,16,20H,7-8,13,15H2,1-2H3. The largest absolute Gasteiger partial charge is 0.457 e. The average molecular weight is 283 g/mol. The molecular weight excluding hydrogens is 258 g/mol. The van der Waals surface area contributed by atoms with Crippen molar-refractivity contribution in [2.24, 2.45) is 5.92 Å². The molecule has 112 valence electrons. The lowest BCUT2D eigenvalue weighted by Crippen LogP contribution is -2.15. The van der Waals surface area contributed by atoms with E-state index < -0.39 is 0 Å². The highest BCUT2D eigenvalue weighted by Gasteiger charge is 1.99. The van der Waals surface area contributed by atoms with Gasteiger partial charge >= 0.3 is 0 Å². The summed E-state index contributed by atoms with van der Waals surface area (Å²) >= 11 is 0. The first-order valence-corrected chi connectivity index (χ1v) is 7.76. The smallest absolute Gasteiger partial charge is 0.127 e. The lowest BCUT2D eigenvalue weighted by Gasteiger charge is -2.09. The van der Waals surface area contributed by atoms with Crippen LogP contribution >= 0.6 is 0 Å². The van der Waals surface area contributed by atoms with Gasteiger partial charge in [-0.05, 0) is 55.1 Å². The molecule has 0 bridgehead atoms. The van der Waals surface area contributed by atoms with Crippen LogP contribution in [0.3, 0.4) is 0 Å². The molecule has 2 nitrogen and oxygen atoms in total. The van der Waals surface area contributed by atoms with Crippen molar-refractivity contribution in [1.29, 1.82) is 0 Å². The van der Waals surface area contributed by atoms with Gasteiger partial charge in [0.1, 0.15) is 11.5 Å². The quantitative estimate of drug-likeness (QED) is 0.688. The highest BCUT2D eigenvalue weighted by Crippen LogP contribution is 2.21. The molecule has 1 N–H and O–H groups in total. The minimum absolute atomic E-state index is 0.786. The Morgan fingerprint density at radius 3 is 2.48 bits per heavy atom. The lowest BCUT2D eigenvalue weighted by molar-refractivity contribution is 0.481. The van der Waals surface area contributed by atoms with E-state index in [-0.39, 0.29) is 0 Å². The third-order valence-electron chi connectivity index (χ3n) is 3.34. The Labute approximate surface area is 128 Å². The Kier molecular flexibility index (Phi) is 6.29. The van der Waals surface area contributed by atoms with E-state index in [1.807, 2.05) is 42.5 Å². The van der Waals surface area contributed by atoms with Crippen molar-refractivity contribution in [2.45, 2.75) is 33.2 Å². The van der Waals surface area contributed by atoms with Crippen LogP contribution in [0.5, 0.6) is 11.5 Å². The van der Waals surface area contributed by atoms with E-state index in [0.29, 0.717) is 0 Å². The van der Waals surface area contributed by atoms with E-state index in [1.54, 1.807) is 0 Å². The minimum Gasteiger partial charge on any atom is -0.457 e. The van der Waals surface area contributed by atoms with Crippen molar-refractivity contribution in [1.82, 2.24) is 5.32 Å². The van der Waals surface area contributed by atoms with Gasteiger partial charge in [-0.3, -0.25) is 0 Å². The van der Waals surface area contributed by atoms with Crippen LogP contribution in [0, 0.1) is 5.92 Å². The molecule has 0 radical (unpaired) electrons. The first-order chi connectivity index (χ1) is 10.2. The zero-order valence-electron chi connectivity index (χ0n) is 13.0. The molecule has 0 aliphatic heterocycles. The van der Waals surface area contributed by atoms with E-state index in [1.165, 1.54) is 18.4 Å². The summed E-state index contributed by atoms with van der Waals surface area (Å²) in [7, 11) is 0. The van der Waals surface area contributed by atoms with Crippen molar-refractivity contribution in [3.05, 3.63) is 60.2 Å². The van der Waals surface area contributed by atoms with Crippen molar-refractivity contribution in [3.63, 3.8) is 0 Å². The van der Waals surface area contributed by atoms with E-state index in [2.05, 4.69) is 31.3 Å². The normalized spacial score (nSPS) is 10.8. The van der Waals surface area contributed by atoms with E-state index in [4.69, 9.17) is 4.74 Å². The summed E-state index contributed by atoms with van der Waals surface area (Å²) in [6.07, 6.45) is 2.52. The van der Waals surface area contributed by atoms with Crippen LogP contribution in [0.25, 0.3) is 0 Å². The summed E-state index contributed by atoms with van der Waals surface area (Å²) in [5, 5.41) is 3.49. The van der Waals surface area contributed by atoms with Gasteiger partial charge in [-0.25, -0.2) is 0 Å². The molecule has 2 heteroatoms. The topological polar surface area (TPSA) is 21.3 Å². The Bertz CT molecular complexity index is 522. The fourth-order valence-electron chi connectivity index (χ4n) is 2.21. The van der Waals surface area contributed by atoms with Gasteiger partial charge in [-0.1, -0.05) is 44.2 Å². The van der Waals surface area contributed by atoms with Gasteiger partial charge in [0.15, 0.2) is 0 Å². The van der Waals surface area contributed by atoms with Gasteiger partial charge in [0.2, 0.25) is 0 Å². The fraction of sp³-hybridized carbons (Fsp3) is 0.368. The second kappa shape index (κ2) is 8.48. The first kappa shape index (κ1) is 15.6. The van der Waals surface area contributed by atoms with Crippen LogP contribution in [0.4, 0.5) is 0 Å². The summed E-state index contributed by atoms with van der Waals surface area (Å²) < 4.78 is 5.85. The Morgan fingerprint density at radius 1 is 0.952 bits per heavy atom. The first-order valence-electron chi connectivity index (χ1n) is 7.76. The Balaban J connectivity index is 1.81. The number of nitrogens with one attached hydrogen (secondary N) is 1. The number of hydrogen-bond acceptors (Lipinski definition) is 2. The maximum atomic E-state index is 5.85. The summed E-state index contributed by atoms with van der Waals surface area (Å²) in [6.45, 7) is 6.50. The molecule has 0 aliphatic rings. The van der Waals surface area contributed by atoms with Crippen LogP contribution in [0.2, 0.25) is 0 Å². The SMILES string of the molecule is CC(C)CCCNCc1cccc(Oc2ccccc2)c1. The molecule has 2 aromatic carbocycles. The second-order valence-electron chi connectivity index (χ2n) is 5.78. The van der Waals surface area contributed by atoms with Gasteiger partial charge in [0.05, 0.1) is 0 Å². The predicted octanol–water partition coefficient (Wildman–Crippen LogP) is 5.00. The second-order valence-corrected chi connectivity index (χ2v) is 5.78. The molecule has 0 aromatic heterocycles. The molecule has 0 aliphatic carbocycles. The Morgan fingerprint density at radius 2 is 1.71 bits per heavy atom. The van der Waals surface area contributed by atoms with Crippen LogP contribution in [0.15, 0.2) is 54.6 Å². The van der Waals surface area contributed by atoms with E-state index >= 15 is 0 Å². The molecule has 21 heavy (non-hydrogen) atoms. The maximum absolute atomic E-state index is 5.85. The molecule has 0 unspecified atom stereocenters.